The summed E-state index contributed by atoms with van der Waals surface area (Å²) in [6.07, 6.45) is 0. The average molecular weight is 683 g/mol. The molecule has 0 aliphatic carbocycles. The Kier molecular flexibility index (Phi) is 9.15. The maximum atomic E-state index is 6.76. The molecule has 0 aromatic heterocycles. The molecule has 0 unspecified atom stereocenters. The van der Waals surface area contributed by atoms with E-state index in [0.717, 1.165) is 22.3 Å². The van der Waals surface area contributed by atoms with Crippen molar-refractivity contribution in [3.05, 3.63) is 69.8 Å². The van der Waals surface area contributed by atoms with Gasteiger partial charge >= 0.3 is 14.6 Å². The summed E-state index contributed by atoms with van der Waals surface area (Å²) in [6, 6.07) is 12.9. The maximum absolute atomic E-state index is 6.76. The molecular weight excluding hydrogens is 622 g/mol. The third-order valence-corrected chi connectivity index (χ3v) is 9.50. The highest BCUT2D eigenvalue weighted by Crippen LogP contribution is 2.50. The van der Waals surface area contributed by atoms with Gasteiger partial charge in [0.1, 0.15) is 34.5 Å². The van der Waals surface area contributed by atoms with Crippen LogP contribution in [0, 0.1) is 0 Å². The van der Waals surface area contributed by atoms with E-state index in [9.17, 15) is 0 Å². The number of fused-ring (bicyclic) bond motifs is 2. The van der Waals surface area contributed by atoms with Gasteiger partial charge in [0.15, 0.2) is 0 Å². The molecule has 0 radical (unpaired) electrons. The summed E-state index contributed by atoms with van der Waals surface area (Å²) in [5, 5.41) is 0. The van der Waals surface area contributed by atoms with E-state index in [1.165, 1.54) is 11.1 Å². The Labute approximate surface area is 303 Å². The van der Waals surface area contributed by atoms with Gasteiger partial charge in [-0.05, 0) is 67.4 Å². The monoisotopic (exact) mass is 682 g/mol. The maximum Gasteiger partial charge on any atom is 0.864 e. The van der Waals surface area contributed by atoms with Crippen LogP contribution in [-0.2, 0) is 32.5 Å². The predicted molar refractivity (Wildman–Crippen MR) is 207 cm³/mol. The van der Waals surface area contributed by atoms with Crippen molar-refractivity contribution in [3.8, 4) is 34.5 Å². The molecule has 5 rings (SSSR count). The van der Waals surface area contributed by atoms with Crippen LogP contribution < -0.4 is 27.9 Å². The fourth-order valence-electron chi connectivity index (χ4n) is 6.15. The zero-order valence-corrected chi connectivity index (χ0v) is 34.1. The van der Waals surface area contributed by atoms with Gasteiger partial charge in [0.05, 0.1) is 0 Å². The highest BCUT2D eigenvalue weighted by Gasteiger charge is 2.46. The minimum absolute atomic E-state index is 0.0691. The molecule has 2 aliphatic rings. The third-order valence-electron chi connectivity index (χ3n) is 9.50. The van der Waals surface area contributed by atoms with E-state index >= 15 is 0 Å². The molecule has 0 saturated carbocycles. The highest BCUT2D eigenvalue weighted by atomic mass is 16.8. The van der Waals surface area contributed by atoms with Crippen molar-refractivity contribution in [1.29, 1.82) is 0 Å². The largest absolute Gasteiger partial charge is 0.864 e. The van der Waals surface area contributed by atoms with E-state index in [4.69, 9.17) is 27.9 Å². The van der Waals surface area contributed by atoms with E-state index < -0.39 is 14.6 Å². The second kappa shape index (κ2) is 12.1. The Morgan fingerprint density at radius 3 is 1.08 bits per heavy atom. The Hall–Kier alpha value is -3.41. The van der Waals surface area contributed by atoms with Gasteiger partial charge in [0, 0.05) is 16.7 Å². The molecule has 3 aromatic rings. The molecule has 0 saturated heterocycles. The average Bonchev–Trinajstić information content (AvgIpc) is 3.52. The summed E-state index contributed by atoms with van der Waals surface area (Å²) >= 11 is 0. The summed E-state index contributed by atoms with van der Waals surface area (Å²) in [6.45, 7) is 39.5. The van der Waals surface area contributed by atoms with Crippen LogP contribution >= 0.6 is 0 Å². The fourth-order valence-corrected chi connectivity index (χ4v) is 6.15. The minimum atomic E-state index is -1.02. The van der Waals surface area contributed by atoms with Gasteiger partial charge in [0.2, 0.25) is 0 Å². The molecule has 0 fully saturated rings. The predicted octanol–water partition coefficient (Wildman–Crippen LogP) is 11.1. The van der Waals surface area contributed by atoms with E-state index in [0.29, 0.717) is 34.5 Å². The molecule has 50 heavy (non-hydrogen) atoms. The molecular formula is C42H60B2O6. The first-order valence-electron chi connectivity index (χ1n) is 18.1. The summed E-state index contributed by atoms with van der Waals surface area (Å²) in [5.74, 6) is 3.82. The van der Waals surface area contributed by atoms with E-state index in [-0.39, 0.29) is 32.5 Å². The van der Waals surface area contributed by atoms with Gasteiger partial charge in [-0.15, -0.1) is 0 Å². The van der Waals surface area contributed by atoms with Crippen molar-refractivity contribution in [1.82, 2.24) is 0 Å². The number of hydrogen-bond acceptors (Lipinski definition) is 6. The number of hydrogen-bond donors (Lipinski definition) is 0. The van der Waals surface area contributed by atoms with Crippen molar-refractivity contribution < 1.29 is 27.9 Å². The lowest BCUT2D eigenvalue weighted by molar-refractivity contribution is 0.315. The molecule has 8 heteroatoms. The molecule has 0 N–H and O–H groups in total. The van der Waals surface area contributed by atoms with Crippen LogP contribution in [0.3, 0.4) is 0 Å². The van der Waals surface area contributed by atoms with Gasteiger partial charge in [-0.1, -0.05) is 143 Å². The first-order valence-corrected chi connectivity index (χ1v) is 18.1. The molecule has 2 aliphatic heterocycles. The Balaban J connectivity index is 1.58. The van der Waals surface area contributed by atoms with Crippen LogP contribution in [0.1, 0.15) is 158 Å². The molecule has 6 nitrogen and oxygen atoms in total. The van der Waals surface area contributed by atoms with Crippen molar-refractivity contribution in [3.63, 3.8) is 0 Å². The molecule has 270 valence electrons. The van der Waals surface area contributed by atoms with Gasteiger partial charge in [-0.3, -0.25) is 0 Å². The van der Waals surface area contributed by atoms with E-state index in [2.05, 4.69) is 155 Å². The van der Waals surface area contributed by atoms with Gasteiger partial charge in [-0.25, -0.2) is 0 Å². The first-order chi connectivity index (χ1) is 22.5. The Morgan fingerprint density at radius 1 is 0.380 bits per heavy atom. The lowest BCUT2D eigenvalue weighted by Gasteiger charge is -2.29. The molecule has 0 amide bonds. The van der Waals surface area contributed by atoms with Gasteiger partial charge in [0.25, 0.3) is 0 Å². The summed E-state index contributed by atoms with van der Waals surface area (Å²) in [4.78, 5) is 0. The van der Waals surface area contributed by atoms with Crippen molar-refractivity contribution in [2.24, 2.45) is 0 Å². The topological polar surface area (TPSA) is 55.4 Å². The van der Waals surface area contributed by atoms with Crippen LogP contribution in [0.2, 0.25) is 0 Å². The fraction of sp³-hybridized carbons (Fsp3) is 0.571. The second-order valence-corrected chi connectivity index (χ2v) is 20.3. The quantitative estimate of drug-likeness (QED) is 0.255. The standard InChI is InChI=1S/C42H60B2O6/c1-37(2,3)25-19-28(40(10,11)12)34-31(22-25)45-43(48-34)46-32-23-26(38(4,5)6)20-29(41(13,14)15)35(32)49-44-47-33-24-27(39(7,8)9)21-30(36(33)50-44)42(16,17)18/h19-24H,1-18H3. The molecule has 3 aromatic carbocycles. The summed E-state index contributed by atoms with van der Waals surface area (Å²) < 4.78 is 39.4. The van der Waals surface area contributed by atoms with Crippen LogP contribution in [0.25, 0.3) is 0 Å². The van der Waals surface area contributed by atoms with E-state index in [1.807, 2.05) is 6.07 Å². The Morgan fingerprint density at radius 2 is 0.720 bits per heavy atom. The van der Waals surface area contributed by atoms with Crippen molar-refractivity contribution in [2.45, 2.75) is 157 Å². The summed E-state index contributed by atoms with van der Waals surface area (Å²) in [7, 11) is -2.04. The van der Waals surface area contributed by atoms with Gasteiger partial charge in [-0.2, -0.15) is 0 Å². The lowest BCUT2D eigenvalue weighted by atomic mass is 9.79. The van der Waals surface area contributed by atoms with Crippen LogP contribution in [0.5, 0.6) is 34.5 Å². The van der Waals surface area contributed by atoms with Crippen LogP contribution in [0.4, 0.5) is 0 Å². The number of benzene rings is 3. The molecule has 2 heterocycles. The SMILES string of the molecule is CC(C)(C)c1cc2c(c(C(C)(C)C)c1)OB(Oc1cc(C(C)(C)C)cc(C(C)(C)C)c1OB1Oc3cc(C(C)(C)C)cc(C(C)(C)C)c3O1)O2. The molecule has 0 atom stereocenters. The van der Waals surface area contributed by atoms with Gasteiger partial charge < -0.3 is 27.9 Å². The molecule has 0 spiro atoms. The van der Waals surface area contributed by atoms with Crippen molar-refractivity contribution in [2.75, 3.05) is 0 Å². The van der Waals surface area contributed by atoms with Crippen LogP contribution in [-0.4, -0.2) is 14.6 Å². The zero-order chi connectivity index (χ0) is 37.6. The number of rotatable bonds is 4. The smallest absolute Gasteiger partial charge is 0.486 e. The highest BCUT2D eigenvalue weighted by molar-refractivity contribution is 6.42. The summed E-state index contributed by atoms with van der Waals surface area (Å²) in [5.41, 5.74) is 5.63. The molecule has 0 bridgehead atoms. The van der Waals surface area contributed by atoms with Crippen LogP contribution in [0.15, 0.2) is 36.4 Å². The van der Waals surface area contributed by atoms with E-state index in [1.54, 1.807) is 0 Å². The lowest BCUT2D eigenvalue weighted by Crippen LogP contribution is -2.36. The second-order valence-electron chi connectivity index (χ2n) is 20.3. The zero-order valence-electron chi connectivity index (χ0n) is 34.1. The first kappa shape index (κ1) is 37.8. The minimum Gasteiger partial charge on any atom is -0.486 e. The normalized spacial score (nSPS) is 15.2. The Bertz CT molecular complexity index is 1770. The van der Waals surface area contributed by atoms with Crippen molar-refractivity contribution >= 4 is 14.6 Å². The third kappa shape index (κ3) is 7.75.